The zero-order valence-electron chi connectivity index (χ0n) is 20.0. The van der Waals surface area contributed by atoms with Crippen LogP contribution < -0.4 is 11.5 Å². The Labute approximate surface area is 211 Å². The van der Waals surface area contributed by atoms with E-state index in [1.54, 1.807) is 24.3 Å². The lowest BCUT2D eigenvalue weighted by Gasteiger charge is -2.26. The topological polar surface area (TPSA) is 105 Å². The summed E-state index contributed by atoms with van der Waals surface area (Å²) in [6, 6.07) is 12.6. The summed E-state index contributed by atoms with van der Waals surface area (Å²) in [4.78, 5) is 25.1. The first kappa shape index (κ1) is 25.2. The van der Waals surface area contributed by atoms with Gasteiger partial charge in [-0.1, -0.05) is 56.4 Å². The minimum Gasteiger partial charge on any atom is -0.461 e. The van der Waals surface area contributed by atoms with Crippen molar-refractivity contribution < 1.29 is 18.5 Å². The number of carbonyl (C=O) groups is 2. The van der Waals surface area contributed by atoms with E-state index in [0.717, 1.165) is 48.4 Å². The van der Waals surface area contributed by atoms with E-state index in [4.69, 9.17) is 20.4 Å². The van der Waals surface area contributed by atoms with Crippen molar-refractivity contribution in [2.75, 3.05) is 11.5 Å². The number of hydrogen-bond donors (Lipinski definition) is 2. The highest BCUT2D eigenvalue weighted by Gasteiger charge is 2.31. The Morgan fingerprint density at radius 3 is 2.46 bits per heavy atom. The van der Waals surface area contributed by atoms with Crippen LogP contribution in [0.25, 0.3) is 6.08 Å². The minimum absolute atomic E-state index is 0.0519. The molecular formula is C28H34N2O4S. The van der Waals surface area contributed by atoms with Gasteiger partial charge in [-0.25, -0.2) is 4.79 Å². The average Bonchev–Trinajstić information content (AvgIpc) is 3.29. The molecule has 0 aliphatic heterocycles. The van der Waals surface area contributed by atoms with Gasteiger partial charge in [-0.3, -0.25) is 4.79 Å². The van der Waals surface area contributed by atoms with Gasteiger partial charge < -0.3 is 20.4 Å². The molecule has 2 aliphatic carbocycles. The van der Waals surface area contributed by atoms with Crippen molar-refractivity contribution in [1.82, 2.24) is 0 Å². The monoisotopic (exact) mass is 494 g/mol. The molecule has 35 heavy (non-hydrogen) atoms. The molecule has 0 aromatic heterocycles. The fourth-order valence-electron chi connectivity index (χ4n) is 4.72. The Morgan fingerprint density at radius 1 is 0.971 bits per heavy atom. The van der Waals surface area contributed by atoms with Crippen molar-refractivity contribution in [1.29, 1.82) is 0 Å². The van der Waals surface area contributed by atoms with Gasteiger partial charge in [0.2, 0.25) is 0 Å². The molecule has 0 radical (unpaired) electrons. The number of rotatable bonds is 10. The average molecular weight is 495 g/mol. The second-order valence-electron chi connectivity index (χ2n) is 9.72. The molecular weight excluding hydrogens is 460 g/mol. The number of esters is 1. The van der Waals surface area contributed by atoms with Crippen molar-refractivity contribution in [2.24, 2.45) is 17.8 Å². The number of hydrogen-bond acceptors (Lipinski definition) is 7. The predicted molar refractivity (Wildman–Crippen MR) is 140 cm³/mol. The fraction of sp³-hybridized carbons (Fsp3) is 0.429. The molecule has 2 atom stereocenters. The minimum atomic E-state index is -0.494. The third kappa shape index (κ3) is 7.52. The lowest BCUT2D eigenvalue weighted by atomic mass is 9.80. The van der Waals surface area contributed by atoms with Gasteiger partial charge in [0.25, 0.3) is 0 Å². The van der Waals surface area contributed by atoms with Crippen LogP contribution in [-0.2, 0) is 25.1 Å². The Hall–Kier alpha value is -2.93. The van der Waals surface area contributed by atoms with Gasteiger partial charge in [0.15, 0.2) is 0 Å². The van der Waals surface area contributed by atoms with Gasteiger partial charge in [-0.2, -0.15) is 0 Å². The van der Waals surface area contributed by atoms with E-state index in [1.165, 1.54) is 38.2 Å². The van der Waals surface area contributed by atoms with Crippen LogP contribution in [0, 0.1) is 17.8 Å². The summed E-state index contributed by atoms with van der Waals surface area (Å²) >= 11 is 0.899. The van der Waals surface area contributed by atoms with Gasteiger partial charge in [0.1, 0.15) is 6.61 Å². The van der Waals surface area contributed by atoms with Crippen LogP contribution in [-0.4, -0.2) is 11.9 Å². The van der Waals surface area contributed by atoms with Gasteiger partial charge in [-0.05, 0) is 66.5 Å². The third-order valence-corrected chi connectivity index (χ3v) is 7.90. The van der Waals surface area contributed by atoms with Crippen molar-refractivity contribution in [3.8, 4) is 0 Å². The molecule has 7 heteroatoms. The zero-order chi connectivity index (χ0) is 24.6. The molecule has 6 nitrogen and oxygen atoms in total. The van der Waals surface area contributed by atoms with Crippen LogP contribution in [0.1, 0.15) is 62.5 Å². The van der Waals surface area contributed by atoms with E-state index in [2.05, 4.69) is 0 Å². The summed E-state index contributed by atoms with van der Waals surface area (Å²) in [5, 5.41) is 0. The van der Waals surface area contributed by atoms with Gasteiger partial charge >= 0.3 is 11.9 Å². The zero-order valence-corrected chi connectivity index (χ0v) is 20.8. The van der Waals surface area contributed by atoms with Gasteiger partial charge in [0, 0.05) is 11.8 Å². The molecule has 4 rings (SSSR count). The second kappa shape index (κ2) is 12.2. The number of anilines is 2. The lowest BCUT2D eigenvalue weighted by molar-refractivity contribution is -0.149. The van der Waals surface area contributed by atoms with E-state index in [1.807, 2.05) is 24.3 Å². The van der Waals surface area contributed by atoms with Crippen molar-refractivity contribution in [3.05, 3.63) is 59.7 Å². The van der Waals surface area contributed by atoms with Gasteiger partial charge in [-0.15, -0.1) is 0 Å². The summed E-state index contributed by atoms with van der Waals surface area (Å²) in [6.45, 7) is 0.272. The molecule has 2 aromatic carbocycles. The molecule has 2 aliphatic rings. The molecule has 0 spiro atoms. The number of carbonyl (C=O) groups excluding carboxylic acids is 2. The molecule has 2 fully saturated rings. The van der Waals surface area contributed by atoms with E-state index in [9.17, 15) is 9.59 Å². The summed E-state index contributed by atoms with van der Waals surface area (Å²) in [6.07, 6.45) is 12.9. The second-order valence-corrected chi connectivity index (χ2v) is 10.5. The van der Waals surface area contributed by atoms with E-state index in [0.29, 0.717) is 22.2 Å². The number of benzene rings is 2. The summed E-state index contributed by atoms with van der Waals surface area (Å²) in [5.74, 6) is 1.12. The first-order valence-electron chi connectivity index (χ1n) is 12.4. The number of nitrogens with two attached hydrogens (primary N) is 2. The van der Waals surface area contributed by atoms with Crippen molar-refractivity contribution >= 4 is 41.4 Å². The summed E-state index contributed by atoms with van der Waals surface area (Å²) < 4.78 is 10.8. The molecule has 186 valence electrons. The van der Waals surface area contributed by atoms with Gasteiger partial charge in [0.05, 0.1) is 28.5 Å². The lowest BCUT2D eigenvalue weighted by Crippen LogP contribution is -2.16. The Bertz CT molecular complexity index is 1050. The van der Waals surface area contributed by atoms with Crippen LogP contribution in [0.2, 0.25) is 0 Å². The molecule has 0 heterocycles. The van der Waals surface area contributed by atoms with E-state index >= 15 is 0 Å². The largest absolute Gasteiger partial charge is 0.461 e. The van der Waals surface area contributed by atoms with Crippen molar-refractivity contribution in [2.45, 2.75) is 62.9 Å². The summed E-state index contributed by atoms with van der Waals surface area (Å²) in [7, 11) is 0. The highest BCUT2D eigenvalue weighted by Crippen LogP contribution is 2.38. The Balaban J connectivity index is 1.16. The van der Waals surface area contributed by atoms with E-state index in [-0.39, 0.29) is 18.5 Å². The molecule has 4 N–H and O–H groups in total. The smallest absolute Gasteiger partial charge is 0.343 e. The van der Waals surface area contributed by atoms with E-state index < -0.39 is 5.97 Å². The van der Waals surface area contributed by atoms with Crippen molar-refractivity contribution in [3.63, 3.8) is 0 Å². The standard InChI is InChI=1S/C28H34N2O4S/c29-24-13-14-26(25(30)17-24)35-34-27(31)15-11-20-5-8-22(9-6-20)18-33-28(32)23-12-10-21(16-23)7-4-19-2-1-3-19/h5-6,8-9,11,13-15,17,19,21,23H,1-4,7,10,12,16,18,29-30H2/b15-11+. The maximum atomic E-state index is 12.5. The van der Waals surface area contributed by atoms with Crippen LogP contribution in [0.15, 0.2) is 53.4 Å². The highest BCUT2D eigenvalue weighted by molar-refractivity contribution is 7.95. The predicted octanol–water partition coefficient (Wildman–Crippen LogP) is 6.15. The van der Waals surface area contributed by atoms with Crippen LogP contribution in [0.5, 0.6) is 0 Å². The molecule has 2 saturated carbocycles. The van der Waals surface area contributed by atoms with Crippen LogP contribution >= 0.6 is 12.0 Å². The number of ether oxygens (including phenoxy) is 1. The first-order valence-corrected chi connectivity index (χ1v) is 13.2. The molecule has 2 aromatic rings. The maximum Gasteiger partial charge on any atom is 0.343 e. The molecule has 0 saturated heterocycles. The molecule has 2 unspecified atom stereocenters. The highest BCUT2D eigenvalue weighted by atomic mass is 32.2. The first-order chi connectivity index (χ1) is 17.0. The summed E-state index contributed by atoms with van der Waals surface area (Å²) in [5.41, 5.74) is 14.3. The SMILES string of the molecule is Nc1ccc(SOC(=O)/C=C/c2ccc(COC(=O)C3CCC(CCC4CCC4)C3)cc2)c(N)c1. The Morgan fingerprint density at radius 2 is 1.74 bits per heavy atom. The van der Waals surface area contributed by atoms with Crippen LogP contribution in [0.3, 0.4) is 0 Å². The maximum absolute atomic E-state index is 12.5. The molecule has 0 bridgehead atoms. The third-order valence-electron chi connectivity index (χ3n) is 7.10. The fourth-order valence-corrected chi connectivity index (χ4v) is 5.23. The van der Waals surface area contributed by atoms with Crippen LogP contribution in [0.4, 0.5) is 11.4 Å². The quantitative estimate of drug-likeness (QED) is 0.176. The Kier molecular flexibility index (Phi) is 8.74. The molecule has 0 amide bonds. The normalized spacial score (nSPS) is 20.0. The number of nitrogen functional groups attached to an aromatic ring is 2.